The van der Waals surface area contributed by atoms with E-state index >= 15 is 0 Å². The largest absolute Gasteiger partial charge is 0.533 e. The van der Waals surface area contributed by atoms with Crippen LogP contribution in [0.25, 0.3) is 0 Å². The van der Waals surface area contributed by atoms with E-state index in [0.29, 0.717) is 0 Å². The zero-order chi connectivity index (χ0) is 9.83. The quantitative estimate of drug-likeness (QED) is 0.607. The van der Waals surface area contributed by atoms with E-state index < -0.39 is 14.0 Å². The number of hydrogen-bond donors (Lipinski definition) is 0. The van der Waals surface area contributed by atoms with Crippen molar-refractivity contribution in [2.45, 2.75) is 19.1 Å². The third-order valence-electron chi connectivity index (χ3n) is 2.05. The van der Waals surface area contributed by atoms with Gasteiger partial charge in [0, 0.05) is 28.4 Å². The van der Waals surface area contributed by atoms with Crippen molar-refractivity contribution in [1.82, 2.24) is 0 Å². The van der Waals surface area contributed by atoms with E-state index in [-0.39, 0.29) is 0 Å². The summed E-state index contributed by atoms with van der Waals surface area (Å²) in [5, 5.41) is -0.523. The van der Waals surface area contributed by atoms with Gasteiger partial charge in [0.25, 0.3) is 0 Å². The first-order chi connectivity index (χ1) is 5.49. The van der Waals surface area contributed by atoms with Crippen LogP contribution in [-0.4, -0.2) is 42.5 Å². The minimum Gasteiger partial charge on any atom is -0.375 e. The molecule has 0 aliphatic rings. The zero-order valence-electron chi connectivity index (χ0n) is 8.63. The first-order valence-corrected chi connectivity index (χ1v) is 5.42. The van der Waals surface area contributed by atoms with E-state index in [1.54, 1.807) is 28.4 Å². The van der Waals surface area contributed by atoms with Crippen molar-refractivity contribution in [3.05, 3.63) is 0 Å². The van der Waals surface area contributed by atoms with Crippen molar-refractivity contribution < 1.29 is 18.0 Å². The number of ether oxygens (including phenoxy) is 1. The summed E-state index contributed by atoms with van der Waals surface area (Å²) in [6, 6.07) is 0. The highest BCUT2D eigenvalue weighted by atomic mass is 28.4. The molecule has 0 rings (SSSR count). The molecular weight excluding hydrogens is 176 g/mol. The Morgan fingerprint density at radius 3 is 1.25 bits per heavy atom. The zero-order valence-corrected chi connectivity index (χ0v) is 9.63. The summed E-state index contributed by atoms with van der Waals surface area (Å²) in [4.78, 5) is 0. The second-order valence-electron chi connectivity index (χ2n) is 2.88. The molecule has 0 aliphatic heterocycles. The van der Waals surface area contributed by atoms with Gasteiger partial charge in [-0.1, -0.05) is 0 Å². The number of hydrogen-bond acceptors (Lipinski definition) is 4. The molecule has 0 fully saturated rings. The molecule has 0 heterocycles. The van der Waals surface area contributed by atoms with Gasteiger partial charge in [-0.25, -0.2) is 0 Å². The lowest BCUT2D eigenvalue weighted by molar-refractivity contribution is -0.0120. The molecule has 0 spiro atoms. The topological polar surface area (TPSA) is 36.9 Å². The fourth-order valence-electron chi connectivity index (χ4n) is 1.11. The molecule has 0 saturated heterocycles. The highest BCUT2D eigenvalue weighted by Gasteiger charge is 2.54. The Balaban J connectivity index is 4.69. The lowest BCUT2D eigenvalue weighted by atomic mass is 10.5. The van der Waals surface area contributed by atoms with Gasteiger partial charge in [0.05, 0.1) is 0 Å². The third kappa shape index (κ3) is 1.86. The molecule has 0 amide bonds. The van der Waals surface area contributed by atoms with Gasteiger partial charge in [0.15, 0.2) is 0 Å². The van der Waals surface area contributed by atoms with Gasteiger partial charge in [-0.15, -0.1) is 0 Å². The fourth-order valence-corrected chi connectivity index (χ4v) is 3.34. The molecule has 0 aromatic carbocycles. The van der Waals surface area contributed by atoms with Gasteiger partial charge in [0.1, 0.15) is 5.22 Å². The van der Waals surface area contributed by atoms with Crippen molar-refractivity contribution in [3.8, 4) is 0 Å². The third-order valence-corrected chi connectivity index (χ3v) is 5.35. The molecule has 5 heteroatoms. The molecule has 0 N–H and O–H groups in total. The van der Waals surface area contributed by atoms with E-state index in [1.807, 2.05) is 13.8 Å². The molecule has 0 aliphatic carbocycles. The second-order valence-corrected chi connectivity index (χ2v) is 6.42. The van der Waals surface area contributed by atoms with Crippen molar-refractivity contribution in [1.29, 1.82) is 0 Å². The van der Waals surface area contributed by atoms with Crippen LogP contribution in [0.3, 0.4) is 0 Å². The molecule has 12 heavy (non-hydrogen) atoms. The predicted octanol–water partition coefficient (Wildman–Crippen LogP) is 0.829. The minimum atomic E-state index is -2.67. The maximum Gasteiger partial charge on any atom is 0.533 e. The van der Waals surface area contributed by atoms with E-state index in [0.717, 1.165) is 0 Å². The maximum atomic E-state index is 5.26. The smallest absolute Gasteiger partial charge is 0.375 e. The van der Waals surface area contributed by atoms with Crippen LogP contribution in [0.5, 0.6) is 0 Å². The van der Waals surface area contributed by atoms with Crippen molar-refractivity contribution in [2.24, 2.45) is 0 Å². The minimum absolute atomic E-state index is 0.523. The molecule has 0 aromatic rings. The Hall–Kier alpha value is 0.0569. The Kier molecular flexibility index (Phi) is 4.36. The standard InChI is InChI=1S/C7H18O4Si/c1-7(2,8-3)12(9-4,10-5)11-6/h1-6H3. The molecule has 0 atom stereocenters. The molecule has 74 valence electrons. The summed E-state index contributed by atoms with van der Waals surface area (Å²) in [5.74, 6) is 0. The Morgan fingerprint density at radius 2 is 1.17 bits per heavy atom. The van der Waals surface area contributed by atoms with Crippen molar-refractivity contribution in [3.63, 3.8) is 0 Å². The monoisotopic (exact) mass is 194 g/mol. The van der Waals surface area contributed by atoms with Crippen LogP contribution in [0.2, 0.25) is 0 Å². The van der Waals surface area contributed by atoms with Gasteiger partial charge in [-0.2, -0.15) is 0 Å². The molecule has 0 aromatic heterocycles. The highest BCUT2D eigenvalue weighted by molar-refractivity contribution is 6.63. The van der Waals surface area contributed by atoms with Crippen LogP contribution in [0.4, 0.5) is 0 Å². The van der Waals surface area contributed by atoms with Gasteiger partial charge >= 0.3 is 8.80 Å². The summed E-state index contributed by atoms with van der Waals surface area (Å²) in [5.41, 5.74) is 0. The van der Waals surface area contributed by atoms with Crippen molar-refractivity contribution in [2.75, 3.05) is 28.4 Å². The van der Waals surface area contributed by atoms with Crippen LogP contribution < -0.4 is 0 Å². The summed E-state index contributed by atoms with van der Waals surface area (Å²) < 4.78 is 21.0. The van der Waals surface area contributed by atoms with Crippen LogP contribution in [-0.2, 0) is 18.0 Å². The molecule has 0 unspecified atom stereocenters. The summed E-state index contributed by atoms with van der Waals surface area (Å²) >= 11 is 0. The molecule has 0 radical (unpaired) electrons. The van der Waals surface area contributed by atoms with Crippen molar-refractivity contribution >= 4 is 8.80 Å². The Morgan fingerprint density at radius 1 is 0.833 bits per heavy atom. The average Bonchev–Trinajstić information content (AvgIpc) is 2.08. The highest BCUT2D eigenvalue weighted by Crippen LogP contribution is 2.24. The SMILES string of the molecule is COC(C)(C)[Si](OC)(OC)OC. The molecule has 0 bridgehead atoms. The van der Waals surface area contributed by atoms with Gasteiger partial charge in [-0.05, 0) is 13.8 Å². The lowest BCUT2D eigenvalue weighted by Gasteiger charge is -2.37. The summed E-state index contributed by atoms with van der Waals surface area (Å²) in [7, 11) is 3.65. The summed E-state index contributed by atoms with van der Waals surface area (Å²) in [6.45, 7) is 3.77. The van der Waals surface area contributed by atoms with Gasteiger partial charge in [0.2, 0.25) is 0 Å². The predicted molar refractivity (Wildman–Crippen MR) is 47.9 cm³/mol. The Labute approximate surface area is 75.1 Å². The van der Waals surface area contributed by atoms with Crippen LogP contribution in [0.15, 0.2) is 0 Å². The van der Waals surface area contributed by atoms with E-state index in [1.165, 1.54) is 0 Å². The molecular formula is C7H18O4Si. The van der Waals surface area contributed by atoms with Crippen LogP contribution in [0.1, 0.15) is 13.8 Å². The molecule has 4 nitrogen and oxygen atoms in total. The lowest BCUT2D eigenvalue weighted by Crippen LogP contribution is -2.61. The number of methoxy groups -OCH3 is 1. The van der Waals surface area contributed by atoms with Crippen LogP contribution >= 0.6 is 0 Å². The molecule has 0 saturated carbocycles. The van der Waals surface area contributed by atoms with Gasteiger partial charge < -0.3 is 18.0 Å². The Bertz CT molecular complexity index is 125. The van der Waals surface area contributed by atoms with E-state index in [9.17, 15) is 0 Å². The number of rotatable bonds is 5. The summed E-state index contributed by atoms with van der Waals surface area (Å²) in [6.07, 6.45) is 0. The normalized spacial score (nSPS) is 13.5. The van der Waals surface area contributed by atoms with Gasteiger partial charge in [-0.3, -0.25) is 0 Å². The maximum absolute atomic E-state index is 5.26. The first kappa shape index (κ1) is 12.1. The average molecular weight is 194 g/mol. The van der Waals surface area contributed by atoms with E-state index in [2.05, 4.69) is 0 Å². The fraction of sp³-hybridized carbons (Fsp3) is 1.00. The first-order valence-electron chi connectivity index (χ1n) is 3.70. The second kappa shape index (κ2) is 4.34. The van der Waals surface area contributed by atoms with E-state index in [4.69, 9.17) is 18.0 Å². The van der Waals surface area contributed by atoms with Crippen LogP contribution in [0, 0.1) is 0 Å².